The molecule has 1 amide bonds. The molecule has 0 bridgehead atoms. The standard InChI is InChI=1S/C16H21F3N2O4S/c1-2-25-13-5-3-4-6-14(13)26(23,24)21-9-7-12(8-10-21)15(22)20-11-16(17,18)19/h3-6,12H,2,7-11H2,1H3,(H,20,22). The number of hydrogen-bond acceptors (Lipinski definition) is 4. The van der Waals surface area contributed by atoms with Crippen molar-refractivity contribution in [2.45, 2.75) is 30.8 Å². The minimum atomic E-state index is -4.47. The molecular formula is C16H21F3N2O4S. The van der Waals surface area contributed by atoms with Gasteiger partial charge in [0.2, 0.25) is 15.9 Å². The van der Waals surface area contributed by atoms with E-state index in [1.165, 1.54) is 10.4 Å². The maximum Gasteiger partial charge on any atom is 0.405 e. The van der Waals surface area contributed by atoms with Gasteiger partial charge in [-0.05, 0) is 31.9 Å². The van der Waals surface area contributed by atoms with Gasteiger partial charge in [-0.3, -0.25) is 4.79 Å². The molecule has 1 aromatic carbocycles. The number of halogens is 3. The van der Waals surface area contributed by atoms with Crippen LogP contribution in [0, 0.1) is 5.92 Å². The van der Waals surface area contributed by atoms with Gasteiger partial charge in [0.25, 0.3) is 0 Å². The predicted octanol–water partition coefficient (Wildman–Crippen LogP) is 2.16. The molecule has 1 heterocycles. The van der Waals surface area contributed by atoms with Crippen LogP contribution < -0.4 is 10.1 Å². The minimum absolute atomic E-state index is 0.0434. The lowest BCUT2D eigenvalue weighted by molar-refractivity contribution is -0.141. The molecule has 0 radical (unpaired) electrons. The van der Waals surface area contributed by atoms with E-state index in [4.69, 9.17) is 4.74 Å². The third-order valence-corrected chi connectivity index (χ3v) is 5.99. The van der Waals surface area contributed by atoms with E-state index in [0.717, 1.165) is 0 Å². The van der Waals surface area contributed by atoms with Crippen LogP contribution in [0.5, 0.6) is 5.75 Å². The molecule has 6 nitrogen and oxygen atoms in total. The van der Waals surface area contributed by atoms with E-state index in [-0.39, 0.29) is 36.6 Å². The number of sulfonamides is 1. The van der Waals surface area contributed by atoms with Gasteiger partial charge in [0.15, 0.2) is 0 Å². The van der Waals surface area contributed by atoms with Gasteiger partial charge in [-0.1, -0.05) is 12.1 Å². The summed E-state index contributed by atoms with van der Waals surface area (Å²) in [5.41, 5.74) is 0. The van der Waals surface area contributed by atoms with Crippen molar-refractivity contribution in [1.82, 2.24) is 9.62 Å². The van der Waals surface area contributed by atoms with Gasteiger partial charge in [-0.2, -0.15) is 17.5 Å². The SMILES string of the molecule is CCOc1ccccc1S(=O)(=O)N1CCC(C(=O)NCC(F)(F)F)CC1. The summed E-state index contributed by atoms with van der Waals surface area (Å²) < 4.78 is 68.7. The Morgan fingerprint density at radius 1 is 1.27 bits per heavy atom. The van der Waals surface area contributed by atoms with Crippen molar-refractivity contribution < 1.29 is 31.1 Å². The fourth-order valence-corrected chi connectivity index (χ4v) is 4.37. The first kappa shape index (κ1) is 20.5. The van der Waals surface area contributed by atoms with Crippen LogP contribution >= 0.6 is 0 Å². The molecule has 1 aliphatic rings. The zero-order valence-corrected chi connectivity index (χ0v) is 15.1. The van der Waals surface area contributed by atoms with Crippen LogP contribution in [0.15, 0.2) is 29.2 Å². The molecule has 2 rings (SSSR count). The predicted molar refractivity (Wildman–Crippen MR) is 88.2 cm³/mol. The number of nitrogens with one attached hydrogen (secondary N) is 1. The Labute approximate surface area is 150 Å². The van der Waals surface area contributed by atoms with Gasteiger partial charge < -0.3 is 10.1 Å². The molecule has 1 saturated heterocycles. The number of hydrogen-bond donors (Lipinski definition) is 1. The summed E-state index contributed by atoms with van der Waals surface area (Å²) in [6.45, 7) is 0.800. The minimum Gasteiger partial charge on any atom is -0.492 e. The molecule has 0 atom stereocenters. The molecule has 0 unspecified atom stereocenters. The van der Waals surface area contributed by atoms with Gasteiger partial charge in [0.1, 0.15) is 17.2 Å². The molecule has 1 N–H and O–H groups in total. The Morgan fingerprint density at radius 2 is 1.88 bits per heavy atom. The van der Waals surface area contributed by atoms with Gasteiger partial charge in [0.05, 0.1) is 6.61 Å². The summed E-state index contributed by atoms with van der Waals surface area (Å²) in [7, 11) is -3.80. The zero-order valence-electron chi connectivity index (χ0n) is 14.3. The normalized spacial score (nSPS) is 17.1. The molecule has 0 aliphatic carbocycles. The third-order valence-electron chi connectivity index (χ3n) is 4.05. The molecule has 0 spiro atoms. The quantitative estimate of drug-likeness (QED) is 0.802. The lowest BCUT2D eigenvalue weighted by Gasteiger charge is -2.31. The van der Waals surface area contributed by atoms with Crippen molar-refractivity contribution in [3.05, 3.63) is 24.3 Å². The second-order valence-electron chi connectivity index (χ2n) is 5.89. The summed E-state index contributed by atoms with van der Waals surface area (Å²) in [6.07, 6.45) is -4.14. The highest BCUT2D eigenvalue weighted by molar-refractivity contribution is 7.89. The highest BCUT2D eigenvalue weighted by Gasteiger charge is 2.35. The number of carbonyl (C=O) groups is 1. The highest BCUT2D eigenvalue weighted by atomic mass is 32.2. The van der Waals surface area contributed by atoms with E-state index in [9.17, 15) is 26.4 Å². The van der Waals surface area contributed by atoms with Gasteiger partial charge in [-0.15, -0.1) is 0 Å². The number of piperidine rings is 1. The molecule has 1 aliphatic heterocycles. The van der Waals surface area contributed by atoms with Crippen molar-refractivity contribution in [3.8, 4) is 5.75 Å². The van der Waals surface area contributed by atoms with Gasteiger partial charge in [-0.25, -0.2) is 8.42 Å². The largest absolute Gasteiger partial charge is 0.492 e. The number of nitrogens with zero attached hydrogens (tertiary/aromatic N) is 1. The van der Waals surface area contributed by atoms with Crippen molar-refractivity contribution in [1.29, 1.82) is 0 Å². The van der Waals surface area contributed by atoms with Crippen LogP contribution in [0.4, 0.5) is 13.2 Å². The second-order valence-corrected chi connectivity index (χ2v) is 7.80. The maximum atomic E-state index is 12.8. The highest BCUT2D eigenvalue weighted by Crippen LogP contribution is 2.29. The summed E-state index contributed by atoms with van der Waals surface area (Å²) in [5.74, 6) is -1.08. The Balaban J connectivity index is 2.02. The van der Waals surface area contributed by atoms with E-state index < -0.39 is 34.6 Å². The van der Waals surface area contributed by atoms with Crippen LogP contribution in [0.25, 0.3) is 0 Å². The molecule has 1 fully saturated rings. The Morgan fingerprint density at radius 3 is 2.46 bits per heavy atom. The average Bonchev–Trinajstić information content (AvgIpc) is 2.60. The van der Waals surface area contributed by atoms with Gasteiger partial charge in [0, 0.05) is 19.0 Å². The van der Waals surface area contributed by atoms with E-state index in [1.54, 1.807) is 25.1 Å². The number of carbonyl (C=O) groups excluding carboxylic acids is 1. The molecule has 0 aromatic heterocycles. The molecular weight excluding hydrogens is 373 g/mol. The smallest absolute Gasteiger partial charge is 0.405 e. The molecule has 0 saturated carbocycles. The fraction of sp³-hybridized carbons (Fsp3) is 0.562. The molecule has 26 heavy (non-hydrogen) atoms. The van der Waals surface area contributed by atoms with Crippen molar-refractivity contribution >= 4 is 15.9 Å². The summed E-state index contributed by atoms with van der Waals surface area (Å²) in [4.78, 5) is 11.9. The number of para-hydroxylation sites is 1. The average molecular weight is 394 g/mol. The fourth-order valence-electron chi connectivity index (χ4n) is 2.77. The summed E-state index contributed by atoms with van der Waals surface area (Å²) in [6, 6.07) is 6.27. The molecule has 1 aromatic rings. The first-order valence-corrected chi connectivity index (χ1v) is 9.65. The number of alkyl halides is 3. The monoisotopic (exact) mass is 394 g/mol. The van der Waals surface area contributed by atoms with Crippen LogP contribution in [0.2, 0.25) is 0 Å². The van der Waals surface area contributed by atoms with Crippen LogP contribution in [0.1, 0.15) is 19.8 Å². The molecule has 146 valence electrons. The topological polar surface area (TPSA) is 75.7 Å². The third kappa shape index (κ3) is 5.10. The first-order valence-electron chi connectivity index (χ1n) is 8.21. The Kier molecular flexibility index (Phi) is 6.51. The number of benzene rings is 1. The van der Waals surface area contributed by atoms with E-state index >= 15 is 0 Å². The van der Waals surface area contributed by atoms with Crippen molar-refractivity contribution in [2.75, 3.05) is 26.2 Å². The lowest BCUT2D eigenvalue weighted by Crippen LogP contribution is -2.44. The first-order chi connectivity index (χ1) is 12.1. The Bertz CT molecular complexity index is 729. The Hall–Kier alpha value is -1.81. The summed E-state index contributed by atoms with van der Waals surface area (Å²) >= 11 is 0. The van der Waals surface area contributed by atoms with Crippen LogP contribution in [0.3, 0.4) is 0 Å². The second kappa shape index (κ2) is 8.26. The number of rotatable bonds is 6. The maximum absolute atomic E-state index is 12.8. The van der Waals surface area contributed by atoms with E-state index in [2.05, 4.69) is 0 Å². The van der Waals surface area contributed by atoms with Gasteiger partial charge >= 0.3 is 6.18 Å². The number of amides is 1. The lowest BCUT2D eigenvalue weighted by atomic mass is 9.97. The molecule has 10 heteroatoms. The van der Waals surface area contributed by atoms with Crippen LogP contribution in [-0.4, -0.2) is 51.0 Å². The number of ether oxygens (including phenoxy) is 1. The van der Waals surface area contributed by atoms with Crippen molar-refractivity contribution in [3.63, 3.8) is 0 Å². The van der Waals surface area contributed by atoms with Crippen LogP contribution in [-0.2, 0) is 14.8 Å². The van der Waals surface area contributed by atoms with E-state index in [0.29, 0.717) is 6.61 Å². The summed E-state index contributed by atoms with van der Waals surface area (Å²) in [5, 5.41) is 1.85. The zero-order chi connectivity index (χ0) is 19.4. The van der Waals surface area contributed by atoms with Crippen molar-refractivity contribution in [2.24, 2.45) is 5.92 Å². The van der Waals surface area contributed by atoms with E-state index in [1.807, 2.05) is 5.32 Å².